The number of nitrogens with zero attached hydrogens (tertiary/aromatic N) is 1. The molecule has 0 amide bonds. The minimum absolute atomic E-state index is 0.286. The van der Waals surface area contributed by atoms with E-state index in [1.807, 2.05) is 0 Å². The summed E-state index contributed by atoms with van der Waals surface area (Å²) in [5, 5.41) is 17.3. The van der Waals surface area contributed by atoms with Crippen LogP contribution in [-0.4, -0.2) is 22.4 Å². The highest BCUT2D eigenvalue weighted by Gasteiger charge is 2.15. The Bertz CT molecular complexity index is 454. The van der Waals surface area contributed by atoms with Gasteiger partial charge in [-0.2, -0.15) is 0 Å². The number of aromatic nitrogens is 1. The molecule has 0 fully saturated rings. The average Bonchev–Trinajstić information content (AvgIpc) is 2.45. The van der Waals surface area contributed by atoms with Crippen molar-refractivity contribution in [2.75, 3.05) is 0 Å². The topological polar surface area (TPSA) is 75.7 Å². The molecule has 0 spiro atoms. The van der Waals surface area contributed by atoms with Gasteiger partial charge in [-0.3, -0.25) is 0 Å². The first-order chi connectivity index (χ1) is 6.66. The van der Waals surface area contributed by atoms with E-state index in [0.29, 0.717) is 17.0 Å². The Morgan fingerprint density at radius 2 is 2.21 bits per heavy atom. The number of benzene rings is 1. The predicted molar refractivity (Wildman–Crippen MR) is 49.6 cm³/mol. The van der Waals surface area contributed by atoms with Crippen LogP contribution in [0.25, 0.3) is 11.1 Å². The van der Waals surface area contributed by atoms with E-state index in [4.69, 9.17) is 19.1 Å². The Hall–Kier alpha value is -1.53. The fourth-order valence-electron chi connectivity index (χ4n) is 1.24. The molecule has 5 nitrogen and oxygen atoms in total. The Morgan fingerprint density at radius 3 is 2.93 bits per heavy atom. The van der Waals surface area contributed by atoms with E-state index < -0.39 is 7.32 Å². The monoisotopic (exact) mass is 193 g/mol. The third-order valence-electron chi connectivity index (χ3n) is 1.72. The highest BCUT2D eigenvalue weighted by Crippen LogP contribution is 2.25. The van der Waals surface area contributed by atoms with Gasteiger partial charge in [0.1, 0.15) is 11.3 Å². The smallest absolute Gasteiger partial charge is 0.510 e. The first-order valence-electron chi connectivity index (χ1n) is 4.06. The third kappa shape index (κ3) is 1.57. The summed E-state index contributed by atoms with van der Waals surface area (Å²) < 4.78 is 9.97. The first kappa shape index (κ1) is 9.05. The summed E-state index contributed by atoms with van der Waals surface area (Å²) in [6.45, 7) is 1.71. The van der Waals surface area contributed by atoms with Crippen LogP contribution in [0.1, 0.15) is 5.89 Å². The van der Waals surface area contributed by atoms with E-state index in [1.54, 1.807) is 25.1 Å². The van der Waals surface area contributed by atoms with Crippen LogP contribution in [0.5, 0.6) is 5.75 Å². The third-order valence-corrected chi connectivity index (χ3v) is 1.72. The molecule has 0 bridgehead atoms. The SMILES string of the molecule is Cc1nc2c(OB(O)O)cccc2o1. The molecule has 2 aromatic rings. The summed E-state index contributed by atoms with van der Waals surface area (Å²) in [6, 6.07) is 5.00. The van der Waals surface area contributed by atoms with Crippen molar-refractivity contribution in [2.24, 2.45) is 0 Å². The summed E-state index contributed by atoms with van der Waals surface area (Å²) in [6.07, 6.45) is 0. The van der Waals surface area contributed by atoms with Gasteiger partial charge in [-0.05, 0) is 12.1 Å². The number of aryl methyl sites for hydroxylation is 1. The quantitative estimate of drug-likeness (QED) is 0.678. The van der Waals surface area contributed by atoms with Crippen molar-refractivity contribution in [2.45, 2.75) is 6.92 Å². The molecule has 2 rings (SSSR count). The number of rotatable bonds is 2. The van der Waals surface area contributed by atoms with Crippen molar-refractivity contribution in [3.63, 3.8) is 0 Å². The summed E-state index contributed by atoms with van der Waals surface area (Å²) in [7, 11) is -1.85. The predicted octanol–water partition coefficient (Wildman–Crippen LogP) is 0.485. The van der Waals surface area contributed by atoms with Gasteiger partial charge in [-0.25, -0.2) is 4.98 Å². The second kappa shape index (κ2) is 3.32. The molecule has 6 heteroatoms. The van der Waals surface area contributed by atoms with E-state index in [9.17, 15) is 0 Å². The molecule has 72 valence electrons. The van der Waals surface area contributed by atoms with Crippen LogP contribution in [0.15, 0.2) is 22.6 Å². The molecule has 1 aromatic heterocycles. The second-order valence-electron chi connectivity index (χ2n) is 2.78. The van der Waals surface area contributed by atoms with Crippen LogP contribution in [0.3, 0.4) is 0 Å². The van der Waals surface area contributed by atoms with Crippen LogP contribution < -0.4 is 4.65 Å². The lowest BCUT2D eigenvalue weighted by Crippen LogP contribution is -2.20. The Morgan fingerprint density at radius 1 is 1.43 bits per heavy atom. The number of hydrogen-bond donors (Lipinski definition) is 2. The zero-order valence-electron chi connectivity index (χ0n) is 7.47. The van der Waals surface area contributed by atoms with E-state index >= 15 is 0 Å². The van der Waals surface area contributed by atoms with E-state index in [1.165, 1.54) is 0 Å². The van der Waals surface area contributed by atoms with Crippen molar-refractivity contribution in [3.05, 3.63) is 24.1 Å². The van der Waals surface area contributed by atoms with Crippen LogP contribution in [-0.2, 0) is 0 Å². The van der Waals surface area contributed by atoms with Crippen molar-refractivity contribution in [1.82, 2.24) is 4.98 Å². The highest BCUT2D eigenvalue weighted by molar-refractivity contribution is 6.34. The minimum atomic E-state index is -1.85. The highest BCUT2D eigenvalue weighted by atomic mass is 16.6. The Kier molecular flexibility index (Phi) is 2.15. The van der Waals surface area contributed by atoms with Gasteiger partial charge >= 0.3 is 7.32 Å². The Balaban J connectivity index is 2.53. The van der Waals surface area contributed by atoms with Gasteiger partial charge in [-0.1, -0.05) is 6.07 Å². The summed E-state index contributed by atoms with van der Waals surface area (Å²) in [5.74, 6) is 0.790. The molecule has 0 aliphatic carbocycles. The normalized spacial score (nSPS) is 10.5. The fraction of sp³-hybridized carbons (Fsp3) is 0.125. The maximum atomic E-state index is 8.65. The minimum Gasteiger partial charge on any atom is -0.510 e. The average molecular weight is 193 g/mol. The van der Waals surface area contributed by atoms with Gasteiger partial charge in [0, 0.05) is 6.92 Å². The summed E-state index contributed by atoms with van der Waals surface area (Å²) >= 11 is 0. The number of oxazole rings is 1. The van der Waals surface area contributed by atoms with Gasteiger partial charge in [0.2, 0.25) is 0 Å². The van der Waals surface area contributed by atoms with Gasteiger partial charge in [0.05, 0.1) is 0 Å². The zero-order valence-corrected chi connectivity index (χ0v) is 7.47. The number of para-hydroxylation sites is 1. The molecule has 1 heterocycles. The van der Waals surface area contributed by atoms with Crippen molar-refractivity contribution >= 4 is 18.4 Å². The van der Waals surface area contributed by atoms with Crippen LogP contribution in [0, 0.1) is 6.92 Å². The molecule has 2 N–H and O–H groups in total. The lowest BCUT2D eigenvalue weighted by atomic mass is 10.2. The van der Waals surface area contributed by atoms with Gasteiger partial charge in [0.25, 0.3) is 0 Å². The van der Waals surface area contributed by atoms with Crippen LogP contribution in [0.4, 0.5) is 0 Å². The van der Waals surface area contributed by atoms with E-state index in [-0.39, 0.29) is 5.75 Å². The van der Waals surface area contributed by atoms with Gasteiger partial charge < -0.3 is 19.1 Å². The molecular weight excluding hydrogens is 185 g/mol. The van der Waals surface area contributed by atoms with Crippen LogP contribution in [0.2, 0.25) is 0 Å². The lowest BCUT2D eigenvalue weighted by Gasteiger charge is -2.03. The molecule has 0 unspecified atom stereocenters. The Labute approximate surface area is 80.1 Å². The molecule has 1 aromatic carbocycles. The molecule has 0 saturated heterocycles. The zero-order chi connectivity index (χ0) is 10.1. The maximum Gasteiger partial charge on any atom is 0.707 e. The number of hydrogen-bond acceptors (Lipinski definition) is 5. The summed E-state index contributed by atoms with van der Waals surface area (Å²) in [5.41, 5.74) is 1.04. The van der Waals surface area contributed by atoms with Crippen LogP contribution >= 0.6 is 0 Å². The maximum absolute atomic E-state index is 8.65. The molecule has 0 saturated carbocycles. The van der Waals surface area contributed by atoms with Crippen molar-refractivity contribution in [1.29, 1.82) is 0 Å². The standard InChI is InChI=1S/C8H8BNO4/c1-5-10-8-6(13-5)3-2-4-7(8)14-9(11)12/h2-4,11-12H,1H3. The fourth-order valence-corrected chi connectivity index (χ4v) is 1.24. The molecule has 0 atom stereocenters. The van der Waals surface area contributed by atoms with Crippen molar-refractivity contribution in [3.8, 4) is 5.75 Å². The van der Waals surface area contributed by atoms with Crippen molar-refractivity contribution < 1.29 is 19.1 Å². The van der Waals surface area contributed by atoms with E-state index in [2.05, 4.69) is 4.98 Å². The largest absolute Gasteiger partial charge is 0.707 e. The first-order valence-corrected chi connectivity index (χ1v) is 4.06. The second-order valence-corrected chi connectivity index (χ2v) is 2.78. The lowest BCUT2D eigenvalue weighted by molar-refractivity contribution is 0.289. The molecule has 0 radical (unpaired) electrons. The van der Waals surface area contributed by atoms with E-state index in [0.717, 1.165) is 0 Å². The van der Waals surface area contributed by atoms with Gasteiger partial charge in [-0.15, -0.1) is 0 Å². The molecule has 14 heavy (non-hydrogen) atoms. The molecule has 0 aliphatic heterocycles. The van der Waals surface area contributed by atoms with Gasteiger partial charge in [0.15, 0.2) is 11.5 Å². The summed E-state index contributed by atoms with van der Waals surface area (Å²) in [4.78, 5) is 4.05. The molecular formula is C8H8BNO4. The number of fused-ring (bicyclic) bond motifs is 1. The molecule has 0 aliphatic rings.